The summed E-state index contributed by atoms with van der Waals surface area (Å²) in [4.78, 5) is 14.6. The highest BCUT2D eigenvalue weighted by atomic mass is 16.1. The maximum Gasteiger partial charge on any atom is 0.251 e. The van der Waals surface area contributed by atoms with Crippen molar-refractivity contribution in [3.05, 3.63) is 29.8 Å². The molecule has 4 nitrogen and oxygen atoms in total. The first-order valence-corrected chi connectivity index (χ1v) is 9.11. The topological polar surface area (TPSA) is 58.4 Å². The Hall–Kier alpha value is -1.55. The van der Waals surface area contributed by atoms with Gasteiger partial charge in [0.25, 0.3) is 5.91 Å². The predicted molar refractivity (Wildman–Crippen MR) is 101 cm³/mol. The number of hydrogen-bond acceptors (Lipinski definition) is 3. The first-order chi connectivity index (χ1) is 11.2. The lowest BCUT2D eigenvalue weighted by atomic mass is 9.60. The van der Waals surface area contributed by atoms with Gasteiger partial charge < -0.3 is 16.0 Å². The second-order valence-electron chi connectivity index (χ2n) is 8.01. The van der Waals surface area contributed by atoms with Gasteiger partial charge in [-0.25, -0.2) is 0 Å². The fourth-order valence-corrected chi connectivity index (χ4v) is 3.95. The maximum absolute atomic E-state index is 12.6. The van der Waals surface area contributed by atoms with Crippen LogP contribution >= 0.6 is 0 Å². The fourth-order valence-electron chi connectivity index (χ4n) is 3.95. The Balaban J connectivity index is 2.00. The van der Waals surface area contributed by atoms with Gasteiger partial charge in [-0.05, 0) is 62.8 Å². The van der Waals surface area contributed by atoms with Crippen LogP contribution in [0.1, 0.15) is 56.8 Å². The molecule has 1 aromatic carbocycles. The highest BCUT2D eigenvalue weighted by Crippen LogP contribution is 2.43. The van der Waals surface area contributed by atoms with Crippen LogP contribution in [0.25, 0.3) is 0 Å². The molecule has 1 aliphatic rings. The number of hydrogen-bond donors (Lipinski definition) is 2. The maximum atomic E-state index is 12.6. The molecular weight excluding hydrogens is 298 g/mol. The van der Waals surface area contributed by atoms with Crippen molar-refractivity contribution in [1.82, 2.24) is 5.32 Å². The Morgan fingerprint density at radius 2 is 1.92 bits per heavy atom. The Labute approximate surface area is 146 Å². The van der Waals surface area contributed by atoms with Crippen molar-refractivity contribution in [3.63, 3.8) is 0 Å². The van der Waals surface area contributed by atoms with Gasteiger partial charge in [-0.15, -0.1) is 0 Å². The third-order valence-corrected chi connectivity index (χ3v) is 5.25. The van der Waals surface area contributed by atoms with Gasteiger partial charge in [0.05, 0.1) is 0 Å². The minimum atomic E-state index is -0.261. The zero-order valence-electron chi connectivity index (χ0n) is 15.8. The number of nitrogens with two attached hydrogens (primary N) is 1. The molecule has 2 rings (SSSR count). The average Bonchev–Trinajstić information content (AvgIpc) is 2.48. The van der Waals surface area contributed by atoms with Crippen LogP contribution in [-0.4, -0.2) is 31.6 Å². The van der Waals surface area contributed by atoms with E-state index in [1.54, 1.807) is 0 Å². The Morgan fingerprint density at radius 3 is 2.42 bits per heavy atom. The van der Waals surface area contributed by atoms with Gasteiger partial charge in [0.1, 0.15) is 0 Å². The second kappa shape index (κ2) is 7.56. The molecule has 0 spiro atoms. The molecule has 0 saturated heterocycles. The van der Waals surface area contributed by atoms with Gasteiger partial charge in [-0.3, -0.25) is 4.79 Å². The second-order valence-corrected chi connectivity index (χ2v) is 8.01. The molecular formula is C20H33N3O. The smallest absolute Gasteiger partial charge is 0.251 e. The number of carbonyl (C=O) groups excluding carboxylic acids is 1. The number of nitrogens with zero attached hydrogens (tertiary/aromatic N) is 1. The Kier molecular flexibility index (Phi) is 5.92. The van der Waals surface area contributed by atoms with E-state index in [-0.39, 0.29) is 17.5 Å². The van der Waals surface area contributed by atoms with E-state index in [1.807, 2.05) is 43.3 Å². The van der Waals surface area contributed by atoms with Gasteiger partial charge in [-0.2, -0.15) is 0 Å². The van der Waals surface area contributed by atoms with E-state index in [1.165, 1.54) is 19.3 Å². The molecule has 0 aromatic heterocycles. The monoisotopic (exact) mass is 331 g/mol. The summed E-state index contributed by atoms with van der Waals surface area (Å²) in [6, 6.07) is 7.92. The zero-order chi connectivity index (χ0) is 17.9. The molecule has 4 heteroatoms. The molecule has 1 aromatic rings. The van der Waals surface area contributed by atoms with E-state index in [9.17, 15) is 4.79 Å². The van der Waals surface area contributed by atoms with Crippen molar-refractivity contribution >= 4 is 11.6 Å². The molecule has 24 heavy (non-hydrogen) atoms. The van der Waals surface area contributed by atoms with Crippen LogP contribution in [0.2, 0.25) is 0 Å². The first-order valence-electron chi connectivity index (χ1n) is 9.11. The van der Waals surface area contributed by atoms with Gasteiger partial charge in [0.15, 0.2) is 0 Å². The van der Waals surface area contributed by atoms with Crippen LogP contribution in [0.15, 0.2) is 24.3 Å². The summed E-state index contributed by atoms with van der Waals surface area (Å²) in [5.41, 5.74) is 7.95. The van der Waals surface area contributed by atoms with Crippen molar-refractivity contribution in [2.75, 3.05) is 19.0 Å². The number of nitrogens with one attached hydrogen (secondary N) is 1. The van der Waals surface area contributed by atoms with Crippen LogP contribution in [0.4, 0.5) is 5.69 Å². The summed E-state index contributed by atoms with van der Waals surface area (Å²) in [5, 5.41) is 3.21. The summed E-state index contributed by atoms with van der Waals surface area (Å²) in [7, 11) is 3.99. The predicted octanol–water partition coefficient (Wildman–Crippen LogP) is 3.41. The van der Waals surface area contributed by atoms with Gasteiger partial charge in [0.2, 0.25) is 0 Å². The van der Waals surface area contributed by atoms with Crippen molar-refractivity contribution in [2.45, 2.75) is 58.0 Å². The van der Waals surface area contributed by atoms with Crippen LogP contribution < -0.4 is 16.0 Å². The van der Waals surface area contributed by atoms with Crippen molar-refractivity contribution in [3.8, 4) is 0 Å². The number of rotatable bonds is 7. The van der Waals surface area contributed by atoms with Crippen LogP contribution in [-0.2, 0) is 0 Å². The normalized spacial score (nSPS) is 23.5. The third kappa shape index (κ3) is 4.29. The Morgan fingerprint density at radius 1 is 1.29 bits per heavy atom. The molecule has 1 aliphatic carbocycles. The van der Waals surface area contributed by atoms with E-state index < -0.39 is 0 Å². The lowest BCUT2D eigenvalue weighted by molar-refractivity contribution is 0.0353. The summed E-state index contributed by atoms with van der Waals surface area (Å²) >= 11 is 0. The van der Waals surface area contributed by atoms with E-state index in [0.29, 0.717) is 17.4 Å². The highest BCUT2D eigenvalue weighted by molar-refractivity contribution is 5.94. The quantitative estimate of drug-likeness (QED) is 0.805. The lowest BCUT2D eigenvalue weighted by Crippen LogP contribution is -2.62. The first kappa shape index (κ1) is 18.8. The van der Waals surface area contributed by atoms with Gasteiger partial charge in [-0.1, -0.05) is 19.8 Å². The lowest BCUT2D eigenvalue weighted by Gasteiger charge is -2.51. The molecule has 0 heterocycles. The van der Waals surface area contributed by atoms with Crippen molar-refractivity contribution in [1.29, 1.82) is 0 Å². The van der Waals surface area contributed by atoms with E-state index in [2.05, 4.69) is 26.1 Å². The number of anilines is 1. The van der Waals surface area contributed by atoms with Crippen LogP contribution in [0.5, 0.6) is 0 Å². The van der Waals surface area contributed by atoms with Crippen LogP contribution in [0.3, 0.4) is 0 Å². The standard InChI is InChI=1S/C20H33N3O/c1-6-7-8-15-13-17(18(15)20(2,3)21)22-19(24)14-9-11-16(12-10-14)23(4)5/h9-12,15,17-18H,6-8,13,21H2,1-5H3,(H,22,24). The molecule has 1 saturated carbocycles. The summed E-state index contributed by atoms with van der Waals surface area (Å²) < 4.78 is 0. The summed E-state index contributed by atoms with van der Waals surface area (Å²) in [5.74, 6) is 0.994. The average molecular weight is 332 g/mol. The number of carbonyl (C=O) groups is 1. The minimum Gasteiger partial charge on any atom is -0.378 e. The molecule has 3 N–H and O–H groups in total. The minimum absolute atomic E-state index is 0.00787. The SMILES string of the molecule is CCCCC1CC(NC(=O)c2ccc(N(C)C)cc2)C1C(C)(C)N. The molecule has 0 radical (unpaired) electrons. The number of amides is 1. The van der Waals surface area contributed by atoms with E-state index in [4.69, 9.17) is 5.73 Å². The third-order valence-electron chi connectivity index (χ3n) is 5.25. The molecule has 3 unspecified atom stereocenters. The zero-order valence-corrected chi connectivity index (χ0v) is 15.8. The van der Waals surface area contributed by atoms with Gasteiger partial charge in [0, 0.05) is 36.9 Å². The summed E-state index contributed by atoms with van der Waals surface area (Å²) in [6.07, 6.45) is 4.71. The molecule has 3 atom stereocenters. The fraction of sp³-hybridized carbons (Fsp3) is 0.650. The molecule has 0 bridgehead atoms. The molecule has 134 valence electrons. The van der Waals surface area contributed by atoms with Crippen molar-refractivity contribution < 1.29 is 4.79 Å². The van der Waals surface area contributed by atoms with E-state index in [0.717, 1.165) is 12.1 Å². The largest absolute Gasteiger partial charge is 0.378 e. The highest BCUT2D eigenvalue weighted by Gasteiger charge is 2.47. The Bertz CT molecular complexity index is 545. The molecule has 1 amide bonds. The number of unbranched alkanes of at least 4 members (excludes halogenated alkanes) is 1. The van der Waals surface area contributed by atoms with Crippen molar-refractivity contribution in [2.24, 2.45) is 17.6 Å². The number of benzene rings is 1. The molecule has 1 fully saturated rings. The van der Waals surface area contributed by atoms with E-state index >= 15 is 0 Å². The van der Waals surface area contributed by atoms with Crippen LogP contribution in [0, 0.1) is 11.8 Å². The molecule has 0 aliphatic heterocycles. The summed E-state index contributed by atoms with van der Waals surface area (Å²) in [6.45, 7) is 6.39. The van der Waals surface area contributed by atoms with Gasteiger partial charge >= 0.3 is 0 Å².